The first-order valence-corrected chi connectivity index (χ1v) is 9.59. The van der Waals surface area contributed by atoms with E-state index in [1.807, 2.05) is 19.9 Å². The minimum absolute atomic E-state index is 0.0363. The van der Waals surface area contributed by atoms with Gasteiger partial charge in [-0.05, 0) is 31.4 Å². The summed E-state index contributed by atoms with van der Waals surface area (Å²) in [5, 5.41) is 3.16. The Morgan fingerprint density at radius 2 is 2.00 bits per heavy atom. The predicted octanol–water partition coefficient (Wildman–Crippen LogP) is 0.948. The van der Waals surface area contributed by atoms with Gasteiger partial charge < -0.3 is 10.2 Å². The summed E-state index contributed by atoms with van der Waals surface area (Å²) in [6, 6.07) is 8.31. The van der Waals surface area contributed by atoms with Crippen LogP contribution in [0.25, 0.3) is 0 Å². The van der Waals surface area contributed by atoms with Crippen LogP contribution in [0.2, 0.25) is 0 Å². The molecule has 0 aliphatic carbocycles. The molecule has 1 aromatic carbocycles. The average Bonchev–Trinajstić information content (AvgIpc) is 2.50. The van der Waals surface area contributed by atoms with Crippen molar-refractivity contribution >= 4 is 16.0 Å². The van der Waals surface area contributed by atoms with Gasteiger partial charge in [-0.3, -0.25) is 4.99 Å². The molecule has 0 amide bonds. The minimum atomic E-state index is -3.25. The molecule has 0 fully saturated rings. The third kappa shape index (κ3) is 5.21. The molecule has 7 heteroatoms. The van der Waals surface area contributed by atoms with Crippen molar-refractivity contribution < 1.29 is 8.42 Å². The molecule has 0 unspecified atom stereocenters. The maximum atomic E-state index is 11.8. The Labute approximate surface area is 139 Å². The molecule has 0 bridgehead atoms. The van der Waals surface area contributed by atoms with Crippen molar-refractivity contribution in [1.82, 2.24) is 14.9 Å². The van der Waals surface area contributed by atoms with Crippen molar-refractivity contribution in [3.8, 4) is 0 Å². The zero-order valence-electron chi connectivity index (χ0n) is 14.0. The summed E-state index contributed by atoms with van der Waals surface area (Å²) in [6.07, 6.45) is 0.976. The molecular formula is C16H26N4O2S. The highest BCUT2D eigenvalue weighted by atomic mass is 32.2. The number of nitrogens with zero attached hydrogens (tertiary/aromatic N) is 2. The molecule has 0 saturated heterocycles. The first-order chi connectivity index (χ1) is 10.9. The number of guanidine groups is 1. The fourth-order valence-electron chi connectivity index (χ4n) is 2.72. The van der Waals surface area contributed by atoms with E-state index in [9.17, 15) is 8.42 Å². The molecule has 6 nitrogen and oxygen atoms in total. The van der Waals surface area contributed by atoms with E-state index in [1.54, 1.807) is 7.05 Å². The fourth-order valence-corrected chi connectivity index (χ4v) is 3.93. The van der Waals surface area contributed by atoms with Crippen molar-refractivity contribution in [2.75, 3.05) is 25.9 Å². The first-order valence-electron chi connectivity index (χ1n) is 7.93. The van der Waals surface area contributed by atoms with Crippen LogP contribution in [0.15, 0.2) is 29.3 Å². The summed E-state index contributed by atoms with van der Waals surface area (Å²) >= 11 is 0. The van der Waals surface area contributed by atoms with Crippen LogP contribution >= 0.6 is 0 Å². The fraction of sp³-hybridized carbons (Fsp3) is 0.562. The van der Waals surface area contributed by atoms with E-state index in [0.717, 1.165) is 25.5 Å². The SMILES string of the molecule is CN=C(NCCS(=O)(=O)NC(C)C)N1CCc2ccccc2C1. The number of rotatable bonds is 5. The van der Waals surface area contributed by atoms with Crippen LogP contribution in [0.5, 0.6) is 0 Å². The van der Waals surface area contributed by atoms with Gasteiger partial charge in [0.1, 0.15) is 0 Å². The van der Waals surface area contributed by atoms with Crippen LogP contribution < -0.4 is 10.0 Å². The lowest BCUT2D eigenvalue weighted by atomic mass is 10.0. The molecule has 2 N–H and O–H groups in total. The summed E-state index contributed by atoms with van der Waals surface area (Å²) in [5.74, 6) is 0.786. The zero-order chi connectivity index (χ0) is 16.9. The maximum absolute atomic E-state index is 11.8. The van der Waals surface area contributed by atoms with E-state index >= 15 is 0 Å². The maximum Gasteiger partial charge on any atom is 0.213 e. The largest absolute Gasteiger partial charge is 0.355 e. The number of sulfonamides is 1. The van der Waals surface area contributed by atoms with E-state index in [0.29, 0.717) is 6.54 Å². The molecule has 23 heavy (non-hydrogen) atoms. The third-order valence-electron chi connectivity index (χ3n) is 3.71. The quantitative estimate of drug-likeness (QED) is 0.619. The van der Waals surface area contributed by atoms with Crippen molar-refractivity contribution in [2.24, 2.45) is 4.99 Å². The standard InChI is InChI=1S/C16H26N4O2S/c1-13(2)19-23(21,22)11-9-18-16(17-3)20-10-8-14-6-4-5-7-15(14)12-20/h4-7,13,19H,8-12H2,1-3H3,(H,17,18). The lowest BCUT2D eigenvalue weighted by Crippen LogP contribution is -2.46. The second kappa shape index (κ2) is 7.79. The molecule has 0 spiro atoms. The van der Waals surface area contributed by atoms with Gasteiger partial charge in [-0.15, -0.1) is 0 Å². The molecule has 1 aliphatic heterocycles. The van der Waals surface area contributed by atoms with Gasteiger partial charge in [-0.25, -0.2) is 13.1 Å². The number of benzene rings is 1. The number of hydrogen-bond acceptors (Lipinski definition) is 3. The van der Waals surface area contributed by atoms with Gasteiger partial charge in [0.15, 0.2) is 5.96 Å². The summed E-state index contributed by atoms with van der Waals surface area (Å²) in [6.45, 7) is 5.65. The zero-order valence-corrected chi connectivity index (χ0v) is 14.9. The minimum Gasteiger partial charge on any atom is -0.355 e. The van der Waals surface area contributed by atoms with Crippen LogP contribution in [0.1, 0.15) is 25.0 Å². The second-order valence-corrected chi connectivity index (χ2v) is 7.88. The monoisotopic (exact) mass is 338 g/mol. The topological polar surface area (TPSA) is 73.8 Å². The molecule has 1 aliphatic rings. The normalized spacial score (nSPS) is 15.7. The number of hydrogen-bond donors (Lipinski definition) is 2. The predicted molar refractivity (Wildman–Crippen MR) is 94.0 cm³/mol. The highest BCUT2D eigenvalue weighted by molar-refractivity contribution is 7.89. The van der Waals surface area contributed by atoms with E-state index in [1.165, 1.54) is 11.1 Å². The highest BCUT2D eigenvalue weighted by Crippen LogP contribution is 2.18. The average molecular weight is 338 g/mol. The Morgan fingerprint density at radius 1 is 1.30 bits per heavy atom. The smallest absolute Gasteiger partial charge is 0.213 e. The molecule has 0 atom stereocenters. The Balaban J connectivity index is 1.90. The molecule has 128 valence electrons. The van der Waals surface area contributed by atoms with Gasteiger partial charge >= 0.3 is 0 Å². The summed E-state index contributed by atoms with van der Waals surface area (Å²) in [5.41, 5.74) is 2.68. The Morgan fingerprint density at radius 3 is 2.65 bits per heavy atom. The van der Waals surface area contributed by atoms with Gasteiger partial charge in [0.25, 0.3) is 0 Å². The van der Waals surface area contributed by atoms with Crippen LogP contribution in [-0.4, -0.2) is 51.2 Å². The lowest BCUT2D eigenvalue weighted by molar-refractivity contribution is 0.380. The first kappa shape index (κ1) is 17.7. The van der Waals surface area contributed by atoms with Gasteiger partial charge in [-0.2, -0.15) is 0 Å². The number of aliphatic imine (C=N–C) groups is 1. The second-order valence-electron chi connectivity index (χ2n) is 6.01. The van der Waals surface area contributed by atoms with Gasteiger partial charge in [-0.1, -0.05) is 24.3 Å². The van der Waals surface area contributed by atoms with E-state index in [-0.39, 0.29) is 11.8 Å². The number of nitrogens with one attached hydrogen (secondary N) is 2. The van der Waals surface area contributed by atoms with Crippen LogP contribution in [0.4, 0.5) is 0 Å². The van der Waals surface area contributed by atoms with Crippen molar-refractivity contribution in [2.45, 2.75) is 32.9 Å². The highest BCUT2D eigenvalue weighted by Gasteiger charge is 2.19. The summed E-state index contributed by atoms with van der Waals surface area (Å²) in [7, 11) is -1.52. The van der Waals surface area contributed by atoms with Gasteiger partial charge in [0.2, 0.25) is 10.0 Å². The van der Waals surface area contributed by atoms with Crippen molar-refractivity contribution in [3.05, 3.63) is 35.4 Å². The van der Waals surface area contributed by atoms with E-state index < -0.39 is 10.0 Å². The molecular weight excluding hydrogens is 312 g/mol. The van der Waals surface area contributed by atoms with E-state index in [2.05, 4.69) is 38.1 Å². The van der Waals surface area contributed by atoms with Gasteiger partial charge in [0, 0.05) is 32.7 Å². The molecule has 1 aromatic rings. The molecule has 0 aromatic heterocycles. The Bertz CT molecular complexity index is 656. The molecule has 0 radical (unpaired) electrons. The van der Waals surface area contributed by atoms with Crippen LogP contribution in [-0.2, 0) is 23.0 Å². The van der Waals surface area contributed by atoms with E-state index in [4.69, 9.17) is 0 Å². The lowest BCUT2D eigenvalue weighted by Gasteiger charge is -2.31. The molecule has 1 heterocycles. The Hall–Kier alpha value is -1.60. The van der Waals surface area contributed by atoms with Crippen LogP contribution in [0, 0.1) is 0 Å². The number of fused-ring (bicyclic) bond motifs is 1. The van der Waals surface area contributed by atoms with Crippen molar-refractivity contribution in [3.63, 3.8) is 0 Å². The van der Waals surface area contributed by atoms with Crippen molar-refractivity contribution in [1.29, 1.82) is 0 Å². The van der Waals surface area contributed by atoms with Gasteiger partial charge in [0.05, 0.1) is 5.75 Å². The molecule has 2 rings (SSSR count). The summed E-state index contributed by atoms with van der Waals surface area (Å²) < 4.78 is 26.3. The van der Waals surface area contributed by atoms with Crippen LogP contribution in [0.3, 0.4) is 0 Å². The Kier molecular flexibility index (Phi) is 6.01. The third-order valence-corrected chi connectivity index (χ3v) is 5.28. The molecule has 0 saturated carbocycles. The summed E-state index contributed by atoms with van der Waals surface area (Å²) in [4.78, 5) is 6.44.